The van der Waals surface area contributed by atoms with Gasteiger partial charge in [-0.25, -0.2) is 4.79 Å². The summed E-state index contributed by atoms with van der Waals surface area (Å²) in [6.07, 6.45) is 4.00. The van der Waals surface area contributed by atoms with Gasteiger partial charge in [0.2, 0.25) is 0 Å². The predicted octanol–water partition coefficient (Wildman–Crippen LogP) is 4.16. The fraction of sp³-hybridized carbons (Fsp3) is 0.565. The fourth-order valence-corrected chi connectivity index (χ4v) is 2.88. The number of rotatable bonds is 12. The van der Waals surface area contributed by atoms with Gasteiger partial charge in [0.15, 0.2) is 0 Å². The molecule has 0 saturated carbocycles. The topological polar surface area (TPSA) is 84.9 Å². The van der Waals surface area contributed by atoms with Crippen LogP contribution >= 0.6 is 0 Å². The van der Waals surface area contributed by atoms with Crippen molar-refractivity contribution in [1.82, 2.24) is 5.32 Å². The monoisotopic (exact) mass is 405 g/mol. The molecule has 2 atom stereocenters. The van der Waals surface area contributed by atoms with Crippen molar-refractivity contribution < 1.29 is 24.2 Å². The molecule has 2 N–H and O–H groups in total. The summed E-state index contributed by atoms with van der Waals surface area (Å²) in [5, 5.41) is 13.1. The zero-order chi connectivity index (χ0) is 21.7. The number of amides is 1. The molecule has 0 aliphatic carbocycles. The molecule has 6 nitrogen and oxygen atoms in total. The van der Waals surface area contributed by atoms with Gasteiger partial charge < -0.3 is 19.9 Å². The number of ether oxygens (including phenoxy) is 2. The molecule has 6 heteroatoms. The summed E-state index contributed by atoms with van der Waals surface area (Å²) in [4.78, 5) is 24.0. The van der Waals surface area contributed by atoms with Crippen molar-refractivity contribution in [2.45, 2.75) is 77.0 Å². The number of carbonyl (C=O) groups is 2. The van der Waals surface area contributed by atoms with E-state index in [2.05, 4.69) is 24.0 Å². The van der Waals surface area contributed by atoms with E-state index in [0.29, 0.717) is 6.42 Å². The Morgan fingerprint density at radius 1 is 1.17 bits per heavy atom. The van der Waals surface area contributed by atoms with Gasteiger partial charge in [0.25, 0.3) is 0 Å². The summed E-state index contributed by atoms with van der Waals surface area (Å²) in [5.41, 5.74) is 0.662. The van der Waals surface area contributed by atoms with Crippen molar-refractivity contribution in [1.29, 1.82) is 0 Å². The van der Waals surface area contributed by atoms with E-state index in [-0.39, 0.29) is 13.0 Å². The van der Waals surface area contributed by atoms with Crippen molar-refractivity contribution >= 4 is 12.1 Å². The number of aliphatic hydroxyl groups is 1. The SMILES string of the molecule is C=CCOC(=O)NC(CC(=O)OC(C)(C)C)C(O)CCCCCc1ccccc1. The number of hydrogen-bond acceptors (Lipinski definition) is 5. The zero-order valence-corrected chi connectivity index (χ0v) is 17.9. The minimum absolute atomic E-state index is 0.0561. The zero-order valence-electron chi connectivity index (χ0n) is 17.9. The molecule has 1 aromatic rings. The maximum absolute atomic E-state index is 12.2. The average Bonchev–Trinajstić information content (AvgIpc) is 2.64. The molecule has 0 fully saturated rings. The second-order valence-electron chi connectivity index (χ2n) is 8.08. The molecule has 0 aliphatic heterocycles. The highest BCUT2D eigenvalue weighted by Gasteiger charge is 2.27. The Bertz CT molecular complexity index is 624. The van der Waals surface area contributed by atoms with Crippen LogP contribution in [0.3, 0.4) is 0 Å². The van der Waals surface area contributed by atoms with Crippen molar-refractivity contribution in [3.8, 4) is 0 Å². The number of alkyl carbamates (subject to hydrolysis) is 1. The van der Waals surface area contributed by atoms with Crippen LogP contribution in [0.5, 0.6) is 0 Å². The van der Waals surface area contributed by atoms with Crippen LogP contribution in [0.15, 0.2) is 43.0 Å². The first kappa shape index (κ1) is 24.7. The highest BCUT2D eigenvalue weighted by Crippen LogP contribution is 2.15. The maximum atomic E-state index is 12.2. The van der Waals surface area contributed by atoms with Crippen LogP contribution < -0.4 is 5.32 Å². The van der Waals surface area contributed by atoms with E-state index in [0.717, 1.165) is 25.7 Å². The third-order valence-corrected chi connectivity index (χ3v) is 4.21. The van der Waals surface area contributed by atoms with Crippen molar-refractivity contribution in [2.24, 2.45) is 0 Å². The van der Waals surface area contributed by atoms with Gasteiger partial charge in [-0.1, -0.05) is 55.8 Å². The normalized spacial score (nSPS) is 13.2. The first-order valence-corrected chi connectivity index (χ1v) is 10.2. The molecule has 0 saturated heterocycles. The smallest absolute Gasteiger partial charge is 0.407 e. The Morgan fingerprint density at radius 3 is 2.48 bits per heavy atom. The number of aliphatic hydroxyl groups excluding tert-OH is 1. The molecule has 1 amide bonds. The van der Waals surface area contributed by atoms with E-state index in [9.17, 15) is 14.7 Å². The summed E-state index contributed by atoms with van der Waals surface area (Å²) in [6.45, 7) is 8.86. The number of hydrogen-bond donors (Lipinski definition) is 2. The summed E-state index contributed by atoms with van der Waals surface area (Å²) in [6, 6.07) is 9.48. The summed E-state index contributed by atoms with van der Waals surface area (Å²) >= 11 is 0. The predicted molar refractivity (Wildman–Crippen MR) is 114 cm³/mol. The van der Waals surface area contributed by atoms with Gasteiger partial charge in [0, 0.05) is 0 Å². The van der Waals surface area contributed by atoms with Crippen LogP contribution in [0, 0.1) is 0 Å². The molecule has 1 rings (SSSR count). The molecule has 0 heterocycles. The molecule has 0 spiro atoms. The Labute approximate surface area is 174 Å². The van der Waals surface area contributed by atoms with Crippen LogP contribution in [0.1, 0.15) is 58.4 Å². The van der Waals surface area contributed by atoms with Crippen LogP contribution in [0.25, 0.3) is 0 Å². The van der Waals surface area contributed by atoms with Crippen LogP contribution in [-0.4, -0.2) is 41.5 Å². The quantitative estimate of drug-likeness (QED) is 0.310. The van der Waals surface area contributed by atoms with Crippen LogP contribution in [0.2, 0.25) is 0 Å². The molecular weight excluding hydrogens is 370 g/mol. The van der Waals surface area contributed by atoms with E-state index in [1.165, 1.54) is 11.6 Å². The summed E-state index contributed by atoms with van der Waals surface area (Å²) in [5.74, 6) is -0.477. The molecule has 162 valence electrons. The third-order valence-electron chi connectivity index (χ3n) is 4.21. The number of unbranched alkanes of at least 4 members (excludes halogenated alkanes) is 2. The molecule has 0 radical (unpaired) electrons. The highest BCUT2D eigenvalue weighted by molar-refractivity contribution is 5.73. The number of aryl methyl sites for hydroxylation is 1. The Morgan fingerprint density at radius 2 is 1.86 bits per heavy atom. The van der Waals surface area contributed by atoms with E-state index in [4.69, 9.17) is 9.47 Å². The van der Waals surface area contributed by atoms with Crippen molar-refractivity contribution in [3.05, 3.63) is 48.6 Å². The van der Waals surface area contributed by atoms with Gasteiger partial charge in [-0.2, -0.15) is 0 Å². The van der Waals surface area contributed by atoms with Gasteiger partial charge in [0.05, 0.1) is 18.6 Å². The molecule has 2 unspecified atom stereocenters. The van der Waals surface area contributed by atoms with Crippen molar-refractivity contribution in [2.75, 3.05) is 6.61 Å². The molecule has 1 aromatic carbocycles. The van der Waals surface area contributed by atoms with Crippen LogP contribution in [-0.2, 0) is 20.7 Å². The average molecular weight is 406 g/mol. The lowest BCUT2D eigenvalue weighted by Crippen LogP contribution is -2.45. The van der Waals surface area contributed by atoms with E-state index in [1.54, 1.807) is 20.8 Å². The first-order valence-electron chi connectivity index (χ1n) is 10.2. The standard InChI is InChI=1S/C23H35NO5/c1-5-16-28-22(27)24-19(17-21(26)29-23(2,3)4)20(25)15-11-7-10-14-18-12-8-6-9-13-18/h5-6,8-9,12-13,19-20,25H,1,7,10-11,14-17H2,2-4H3,(H,24,27). The number of nitrogens with one attached hydrogen (secondary N) is 1. The van der Waals surface area contributed by atoms with E-state index >= 15 is 0 Å². The number of carbonyl (C=O) groups excluding carboxylic acids is 2. The summed E-state index contributed by atoms with van der Waals surface area (Å²) in [7, 11) is 0. The van der Waals surface area contributed by atoms with E-state index in [1.807, 2.05) is 18.2 Å². The molecular formula is C23H35NO5. The largest absolute Gasteiger partial charge is 0.460 e. The lowest BCUT2D eigenvalue weighted by atomic mass is 9.99. The Kier molecular flexibility index (Phi) is 11.1. The highest BCUT2D eigenvalue weighted by atomic mass is 16.6. The Balaban J connectivity index is 2.49. The lowest BCUT2D eigenvalue weighted by molar-refractivity contribution is -0.156. The second-order valence-corrected chi connectivity index (χ2v) is 8.08. The fourth-order valence-electron chi connectivity index (χ4n) is 2.88. The lowest BCUT2D eigenvalue weighted by Gasteiger charge is -2.25. The van der Waals surface area contributed by atoms with Gasteiger partial charge in [-0.05, 0) is 45.6 Å². The van der Waals surface area contributed by atoms with Gasteiger partial charge >= 0.3 is 12.1 Å². The molecule has 29 heavy (non-hydrogen) atoms. The number of benzene rings is 1. The maximum Gasteiger partial charge on any atom is 0.407 e. The summed E-state index contributed by atoms with van der Waals surface area (Å²) < 4.78 is 10.2. The second kappa shape index (κ2) is 13.0. The van der Waals surface area contributed by atoms with Crippen LogP contribution in [0.4, 0.5) is 4.79 Å². The minimum atomic E-state index is -0.865. The van der Waals surface area contributed by atoms with E-state index < -0.39 is 29.8 Å². The Hall–Kier alpha value is -2.34. The molecule has 0 aromatic heterocycles. The molecule has 0 bridgehead atoms. The first-order chi connectivity index (χ1) is 13.7. The van der Waals surface area contributed by atoms with Gasteiger partial charge in [-0.3, -0.25) is 4.79 Å². The van der Waals surface area contributed by atoms with Gasteiger partial charge in [-0.15, -0.1) is 0 Å². The third kappa shape index (κ3) is 12.0. The van der Waals surface area contributed by atoms with Gasteiger partial charge in [0.1, 0.15) is 12.2 Å². The number of esters is 1. The minimum Gasteiger partial charge on any atom is -0.460 e. The molecule has 0 aliphatic rings. The van der Waals surface area contributed by atoms with Crippen molar-refractivity contribution in [3.63, 3.8) is 0 Å².